The van der Waals surface area contributed by atoms with Crippen LogP contribution in [-0.4, -0.2) is 21.9 Å². The summed E-state index contributed by atoms with van der Waals surface area (Å²) >= 11 is 1.37. The lowest BCUT2D eigenvalue weighted by Crippen LogP contribution is -2.00. The Kier molecular flexibility index (Phi) is 5.81. The summed E-state index contributed by atoms with van der Waals surface area (Å²) in [5.74, 6) is 0.604. The van der Waals surface area contributed by atoms with Crippen molar-refractivity contribution in [3.8, 4) is 22.8 Å². The van der Waals surface area contributed by atoms with Gasteiger partial charge in [-0.25, -0.2) is 8.78 Å². The molecule has 0 bridgehead atoms. The maximum atomic E-state index is 13.5. The van der Waals surface area contributed by atoms with Gasteiger partial charge in [-0.15, -0.1) is 10.2 Å². The molecule has 0 unspecified atom stereocenters. The van der Waals surface area contributed by atoms with Crippen molar-refractivity contribution in [2.45, 2.75) is 17.8 Å². The molecule has 0 amide bonds. The van der Waals surface area contributed by atoms with Crippen LogP contribution in [0.15, 0.2) is 71.9 Å². The molecule has 0 aliphatic rings. The average Bonchev–Trinajstić information content (AvgIpc) is 3.16. The van der Waals surface area contributed by atoms with Crippen molar-refractivity contribution in [1.29, 1.82) is 0 Å². The van der Waals surface area contributed by atoms with E-state index in [0.29, 0.717) is 22.3 Å². The molecule has 0 fully saturated rings. The molecule has 0 radical (unpaired) electrons. The molecule has 4 nitrogen and oxygen atoms in total. The highest BCUT2D eigenvalue weighted by molar-refractivity contribution is 7.98. The van der Waals surface area contributed by atoms with Crippen LogP contribution in [0.3, 0.4) is 0 Å². The zero-order valence-corrected chi connectivity index (χ0v) is 17.3. The normalized spacial score (nSPS) is 10.9. The summed E-state index contributed by atoms with van der Waals surface area (Å²) in [6.45, 7) is 2.02. The molecular weight excluding hydrogens is 404 g/mol. The fraction of sp³-hybridized carbons (Fsp3) is 0.130. The van der Waals surface area contributed by atoms with Crippen LogP contribution in [0.5, 0.6) is 5.75 Å². The molecule has 0 spiro atoms. The number of ether oxygens (including phenoxy) is 1. The molecule has 0 atom stereocenters. The second kappa shape index (κ2) is 8.67. The van der Waals surface area contributed by atoms with E-state index in [4.69, 9.17) is 4.74 Å². The number of nitrogens with zero attached hydrogens (tertiary/aromatic N) is 3. The average molecular weight is 423 g/mol. The lowest BCUT2D eigenvalue weighted by atomic mass is 10.2. The van der Waals surface area contributed by atoms with Gasteiger partial charge in [-0.1, -0.05) is 29.5 Å². The second-order valence-electron chi connectivity index (χ2n) is 6.77. The minimum Gasteiger partial charge on any atom is -0.497 e. The highest BCUT2D eigenvalue weighted by atomic mass is 32.2. The molecule has 1 heterocycles. The Labute approximate surface area is 177 Å². The lowest BCUT2D eigenvalue weighted by Gasteiger charge is -2.11. The van der Waals surface area contributed by atoms with Gasteiger partial charge in [-0.2, -0.15) is 0 Å². The fourth-order valence-corrected chi connectivity index (χ4v) is 3.94. The third kappa shape index (κ3) is 4.36. The molecule has 0 saturated heterocycles. The summed E-state index contributed by atoms with van der Waals surface area (Å²) in [7, 11) is 1.62. The molecule has 30 heavy (non-hydrogen) atoms. The summed E-state index contributed by atoms with van der Waals surface area (Å²) in [4.78, 5) is 0. The van der Waals surface area contributed by atoms with Crippen molar-refractivity contribution in [2.75, 3.05) is 7.11 Å². The van der Waals surface area contributed by atoms with Gasteiger partial charge in [0.1, 0.15) is 17.4 Å². The van der Waals surface area contributed by atoms with E-state index in [0.717, 1.165) is 28.6 Å². The van der Waals surface area contributed by atoms with Crippen LogP contribution in [0.4, 0.5) is 8.78 Å². The Balaban J connectivity index is 1.72. The molecule has 152 valence electrons. The largest absolute Gasteiger partial charge is 0.497 e. The third-order valence-corrected chi connectivity index (χ3v) is 5.56. The highest BCUT2D eigenvalue weighted by Gasteiger charge is 2.17. The zero-order chi connectivity index (χ0) is 21.1. The topological polar surface area (TPSA) is 39.9 Å². The molecule has 0 saturated carbocycles. The van der Waals surface area contributed by atoms with Crippen molar-refractivity contribution in [3.63, 3.8) is 0 Å². The van der Waals surface area contributed by atoms with Gasteiger partial charge in [-0.05, 0) is 61.0 Å². The van der Waals surface area contributed by atoms with Crippen LogP contribution in [-0.2, 0) is 5.75 Å². The van der Waals surface area contributed by atoms with E-state index in [2.05, 4.69) is 10.2 Å². The summed E-state index contributed by atoms with van der Waals surface area (Å²) in [5.41, 5.74) is 3.47. The Morgan fingerprint density at radius 2 is 1.57 bits per heavy atom. The van der Waals surface area contributed by atoms with Gasteiger partial charge in [0.2, 0.25) is 0 Å². The molecule has 7 heteroatoms. The van der Waals surface area contributed by atoms with Gasteiger partial charge in [0.05, 0.1) is 7.11 Å². The molecule has 0 aliphatic carbocycles. The quantitative estimate of drug-likeness (QED) is 0.366. The maximum Gasteiger partial charge on any atom is 0.196 e. The predicted molar refractivity (Wildman–Crippen MR) is 114 cm³/mol. The first-order valence-corrected chi connectivity index (χ1v) is 10.3. The number of aromatic nitrogens is 3. The number of thioether (sulfide) groups is 1. The molecular formula is C23H19F2N3OS. The predicted octanol–water partition coefficient (Wildman–Crippen LogP) is 5.82. The van der Waals surface area contributed by atoms with E-state index in [1.807, 2.05) is 60.0 Å². The van der Waals surface area contributed by atoms with Crippen molar-refractivity contribution < 1.29 is 13.5 Å². The Hall–Kier alpha value is -3.19. The maximum absolute atomic E-state index is 13.5. The number of hydrogen-bond donors (Lipinski definition) is 0. The lowest BCUT2D eigenvalue weighted by molar-refractivity contribution is 0.415. The van der Waals surface area contributed by atoms with Crippen LogP contribution < -0.4 is 4.74 Å². The number of methoxy groups -OCH3 is 1. The van der Waals surface area contributed by atoms with Crippen LogP contribution in [0.1, 0.15) is 11.1 Å². The number of aryl methyl sites for hydroxylation is 1. The highest BCUT2D eigenvalue weighted by Crippen LogP contribution is 2.31. The summed E-state index contributed by atoms with van der Waals surface area (Å²) in [6, 6.07) is 19.1. The van der Waals surface area contributed by atoms with E-state index in [1.54, 1.807) is 7.11 Å². The number of rotatable bonds is 6. The van der Waals surface area contributed by atoms with Crippen LogP contribution in [0, 0.1) is 18.6 Å². The zero-order valence-electron chi connectivity index (χ0n) is 16.5. The molecule has 4 rings (SSSR count). The fourth-order valence-electron chi connectivity index (χ4n) is 3.06. The summed E-state index contributed by atoms with van der Waals surface area (Å²) < 4.78 is 34.2. The first kappa shape index (κ1) is 20.1. The third-order valence-electron chi connectivity index (χ3n) is 4.56. The van der Waals surface area contributed by atoms with Gasteiger partial charge in [0, 0.05) is 23.1 Å². The molecule has 0 N–H and O–H groups in total. The van der Waals surface area contributed by atoms with E-state index in [9.17, 15) is 8.78 Å². The van der Waals surface area contributed by atoms with Gasteiger partial charge in [-0.3, -0.25) is 4.57 Å². The Morgan fingerprint density at radius 3 is 2.20 bits per heavy atom. The van der Waals surface area contributed by atoms with Crippen LogP contribution in [0.25, 0.3) is 17.1 Å². The van der Waals surface area contributed by atoms with E-state index < -0.39 is 11.6 Å². The first-order chi connectivity index (χ1) is 14.5. The second-order valence-corrected chi connectivity index (χ2v) is 7.71. The SMILES string of the molecule is COc1ccc(-c2nnc(SCc3cc(F)cc(F)c3)n2-c2ccc(C)cc2)cc1. The van der Waals surface area contributed by atoms with Crippen molar-refractivity contribution in [3.05, 3.63) is 89.5 Å². The van der Waals surface area contributed by atoms with Gasteiger partial charge in [0.25, 0.3) is 0 Å². The Morgan fingerprint density at radius 1 is 0.900 bits per heavy atom. The number of hydrogen-bond acceptors (Lipinski definition) is 4. The van der Waals surface area contributed by atoms with Crippen LogP contribution >= 0.6 is 11.8 Å². The Bertz CT molecular complexity index is 1140. The minimum atomic E-state index is -0.593. The first-order valence-electron chi connectivity index (χ1n) is 9.28. The summed E-state index contributed by atoms with van der Waals surface area (Å²) in [6.07, 6.45) is 0. The van der Waals surface area contributed by atoms with E-state index in [1.165, 1.54) is 23.9 Å². The van der Waals surface area contributed by atoms with Gasteiger partial charge in [0.15, 0.2) is 11.0 Å². The van der Waals surface area contributed by atoms with Crippen LogP contribution in [0.2, 0.25) is 0 Å². The monoisotopic (exact) mass is 423 g/mol. The standard InChI is InChI=1S/C23H19F2N3OS/c1-15-3-7-20(8-4-15)28-22(17-5-9-21(29-2)10-6-17)26-27-23(28)30-14-16-11-18(24)13-19(25)12-16/h3-13H,14H2,1-2H3. The van der Waals surface area contributed by atoms with Crippen molar-refractivity contribution in [2.24, 2.45) is 0 Å². The number of benzene rings is 3. The number of halogens is 2. The van der Waals surface area contributed by atoms with E-state index >= 15 is 0 Å². The molecule has 0 aliphatic heterocycles. The minimum absolute atomic E-state index is 0.362. The van der Waals surface area contributed by atoms with Gasteiger partial charge >= 0.3 is 0 Å². The summed E-state index contributed by atoms with van der Waals surface area (Å²) in [5, 5.41) is 9.38. The molecule has 3 aromatic carbocycles. The van der Waals surface area contributed by atoms with Crippen molar-refractivity contribution >= 4 is 11.8 Å². The molecule has 1 aromatic heterocycles. The smallest absolute Gasteiger partial charge is 0.196 e. The van der Waals surface area contributed by atoms with Gasteiger partial charge < -0.3 is 4.74 Å². The molecule has 4 aromatic rings. The van der Waals surface area contributed by atoms with Crippen molar-refractivity contribution in [1.82, 2.24) is 14.8 Å². The van der Waals surface area contributed by atoms with E-state index in [-0.39, 0.29) is 0 Å².